The van der Waals surface area contributed by atoms with E-state index >= 15 is 0 Å². The van der Waals surface area contributed by atoms with Crippen molar-refractivity contribution in [1.82, 2.24) is 14.8 Å². The highest BCUT2D eigenvalue weighted by Gasteiger charge is 2.22. The summed E-state index contributed by atoms with van der Waals surface area (Å²) in [6, 6.07) is 6.05. The van der Waals surface area contributed by atoms with Crippen molar-refractivity contribution in [2.24, 2.45) is 0 Å². The second kappa shape index (κ2) is 6.25. The summed E-state index contributed by atoms with van der Waals surface area (Å²) in [6.45, 7) is 0. The number of ether oxygens (including phenoxy) is 2. The number of nitrogens with zero attached hydrogens (tertiary/aromatic N) is 2. The Morgan fingerprint density at radius 3 is 2.64 bits per heavy atom. The average molecular weight is 303 g/mol. The van der Waals surface area contributed by atoms with Gasteiger partial charge in [0.1, 0.15) is 5.82 Å². The number of aromatic amines is 1. The first-order valence-corrected chi connectivity index (χ1v) is 7.59. The second-order valence-corrected chi connectivity index (χ2v) is 5.62. The van der Waals surface area contributed by atoms with E-state index < -0.39 is 0 Å². The first-order valence-electron chi connectivity index (χ1n) is 7.59. The van der Waals surface area contributed by atoms with Gasteiger partial charge in [0.25, 0.3) is 0 Å². The Morgan fingerprint density at radius 2 is 1.95 bits per heavy atom. The lowest BCUT2D eigenvalue weighted by molar-refractivity contribution is 0.354. The molecule has 2 aromatic rings. The van der Waals surface area contributed by atoms with Crippen LogP contribution in [0.5, 0.6) is 11.5 Å². The summed E-state index contributed by atoms with van der Waals surface area (Å²) in [5, 5.41) is 6.79. The van der Waals surface area contributed by atoms with Crippen molar-refractivity contribution in [3.63, 3.8) is 0 Å². The molecule has 0 unspecified atom stereocenters. The van der Waals surface area contributed by atoms with Gasteiger partial charge in [0.15, 0.2) is 11.5 Å². The van der Waals surface area contributed by atoms with E-state index in [0.29, 0.717) is 17.9 Å². The molecule has 0 bridgehead atoms. The van der Waals surface area contributed by atoms with E-state index in [2.05, 4.69) is 10.2 Å². The fraction of sp³-hybridized carbons (Fsp3) is 0.500. The first kappa shape index (κ1) is 14.7. The normalized spacial score (nSPS) is 15.2. The molecule has 1 heterocycles. The van der Waals surface area contributed by atoms with Gasteiger partial charge < -0.3 is 9.47 Å². The number of benzene rings is 1. The van der Waals surface area contributed by atoms with Gasteiger partial charge in [0.05, 0.1) is 14.2 Å². The Hall–Kier alpha value is -2.24. The van der Waals surface area contributed by atoms with Crippen molar-refractivity contribution in [2.75, 3.05) is 14.2 Å². The van der Waals surface area contributed by atoms with E-state index in [-0.39, 0.29) is 11.7 Å². The van der Waals surface area contributed by atoms with Crippen LogP contribution in [0.15, 0.2) is 23.0 Å². The van der Waals surface area contributed by atoms with Gasteiger partial charge in [-0.3, -0.25) is 4.57 Å². The summed E-state index contributed by atoms with van der Waals surface area (Å²) in [6.07, 6.45) is 5.06. The maximum absolute atomic E-state index is 12.0. The topological polar surface area (TPSA) is 69.1 Å². The minimum Gasteiger partial charge on any atom is -0.493 e. The molecule has 1 aromatic heterocycles. The maximum Gasteiger partial charge on any atom is 0.343 e. The summed E-state index contributed by atoms with van der Waals surface area (Å²) in [5.74, 6) is 2.16. The quantitative estimate of drug-likeness (QED) is 0.920. The summed E-state index contributed by atoms with van der Waals surface area (Å²) in [5.41, 5.74) is 0.929. The van der Waals surface area contributed by atoms with E-state index in [1.807, 2.05) is 22.8 Å². The molecule has 1 N–H and O–H groups in total. The van der Waals surface area contributed by atoms with Gasteiger partial charge in [-0.2, -0.15) is 5.10 Å². The second-order valence-electron chi connectivity index (χ2n) is 5.62. The zero-order valence-corrected chi connectivity index (χ0v) is 13.0. The third kappa shape index (κ3) is 2.73. The lowest BCUT2D eigenvalue weighted by Gasteiger charge is -2.13. The van der Waals surface area contributed by atoms with E-state index in [0.717, 1.165) is 24.2 Å². The largest absolute Gasteiger partial charge is 0.493 e. The Balaban J connectivity index is 1.89. The predicted octanol–water partition coefficient (Wildman–Crippen LogP) is 2.29. The molecule has 118 valence electrons. The van der Waals surface area contributed by atoms with E-state index in [9.17, 15) is 4.79 Å². The smallest absolute Gasteiger partial charge is 0.343 e. The van der Waals surface area contributed by atoms with Crippen molar-refractivity contribution >= 4 is 0 Å². The number of hydrogen-bond donors (Lipinski definition) is 1. The molecule has 0 amide bonds. The molecule has 0 atom stereocenters. The molecule has 0 radical (unpaired) electrons. The average Bonchev–Trinajstić information content (AvgIpc) is 3.17. The van der Waals surface area contributed by atoms with Gasteiger partial charge >= 0.3 is 5.69 Å². The highest BCUT2D eigenvalue weighted by atomic mass is 16.5. The Labute approximate surface area is 129 Å². The van der Waals surface area contributed by atoms with Crippen molar-refractivity contribution in [2.45, 2.75) is 38.1 Å². The monoisotopic (exact) mass is 303 g/mol. The third-order valence-electron chi connectivity index (χ3n) is 4.28. The van der Waals surface area contributed by atoms with Crippen LogP contribution in [0, 0.1) is 0 Å². The SMILES string of the molecule is COc1ccc(Cc2n[nH]c(=O)n2C2CCCC2)cc1OC. The van der Waals surface area contributed by atoms with Crippen LogP contribution < -0.4 is 15.2 Å². The van der Waals surface area contributed by atoms with Gasteiger partial charge in [0.2, 0.25) is 0 Å². The minimum absolute atomic E-state index is 0.109. The number of methoxy groups -OCH3 is 2. The number of H-pyrrole nitrogens is 1. The molecular formula is C16H21N3O3. The molecule has 1 saturated carbocycles. The molecule has 1 fully saturated rings. The van der Waals surface area contributed by atoms with Crippen molar-refractivity contribution < 1.29 is 9.47 Å². The maximum atomic E-state index is 12.0. The van der Waals surface area contributed by atoms with Gasteiger partial charge in [-0.15, -0.1) is 0 Å². The van der Waals surface area contributed by atoms with Crippen LogP contribution in [-0.2, 0) is 6.42 Å². The highest BCUT2D eigenvalue weighted by Crippen LogP contribution is 2.31. The summed E-state index contributed by atoms with van der Waals surface area (Å²) in [4.78, 5) is 12.0. The van der Waals surface area contributed by atoms with E-state index in [1.165, 1.54) is 12.8 Å². The fourth-order valence-electron chi connectivity index (χ4n) is 3.17. The molecule has 6 heteroatoms. The molecule has 1 aromatic carbocycles. The molecule has 6 nitrogen and oxygen atoms in total. The van der Waals surface area contributed by atoms with Gasteiger partial charge in [-0.05, 0) is 30.5 Å². The zero-order chi connectivity index (χ0) is 15.5. The summed E-state index contributed by atoms with van der Waals surface area (Å²) in [7, 11) is 3.23. The molecule has 22 heavy (non-hydrogen) atoms. The minimum atomic E-state index is -0.109. The molecule has 1 aliphatic carbocycles. The molecule has 1 aliphatic rings. The molecule has 0 spiro atoms. The van der Waals surface area contributed by atoms with Crippen LogP contribution in [0.4, 0.5) is 0 Å². The number of hydrogen-bond acceptors (Lipinski definition) is 4. The van der Waals surface area contributed by atoms with Gasteiger partial charge in [-0.1, -0.05) is 18.9 Å². The molecule has 0 aliphatic heterocycles. The molecule has 3 rings (SSSR count). The number of nitrogens with one attached hydrogen (secondary N) is 1. The highest BCUT2D eigenvalue weighted by molar-refractivity contribution is 5.43. The Morgan fingerprint density at radius 1 is 1.23 bits per heavy atom. The third-order valence-corrected chi connectivity index (χ3v) is 4.28. The predicted molar refractivity (Wildman–Crippen MR) is 82.7 cm³/mol. The number of rotatable bonds is 5. The molecular weight excluding hydrogens is 282 g/mol. The van der Waals surface area contributed by atoms with Crippen LogP contribution in [0.25, 0.3) is 0 Å². The first-order chi connectivity index (χ1) is 10.7. The van der Waals surface area contributed by atoms with Crippen LogP contribution in [0.2, 0.25) is 0 Å². The van der Waals surface area contributed by atoms with E-state index in [4.69, 9.17) is 9.47 Å². The number of aromatic nitrogens is 3. The van der Waals surface area contributed by atoms with Gasteiger partial charge in [0, 0.05) is 12.5 Å². The fourth-order valence-corrected chi connectivity index (χ4v) is 3.17. The van der Waals surface area contributed by atoms with Crippen molar-refractivity contribution in [1.29, 1.82) is 0 Å². The lowest BCUT2D eigenvalue weighted by Crippen LogP contribution is -2.22. The van der Waals surface area contributed by atoms with Crippen LogP contribution in [0.1, 0.15) is 43.1 Å². The molecule has 0 saturated heterocycles. The van der Waals surface area contributed by atoms with Crippen LogP contribution in [0.3, 0.4) is 0 Å². The van der Waals surface area contributed by atoms with E-state index in [1.54, 1.807) is 14.2 Å². The standard InChI is InChI=1S/C16H21N3O3/c1-21-13-8-7-11(9-14(13)22-2)10-15-17-18-16(20)19(15)12-5-3-4-6-12/h7-9,12H,3-6,10H2,1-2H3,(H,18,20). The zero-order valence-electron chi connectivity index (χ0n) is 13.0. The van der Waals surface area contributed by atoms with Gasteiger partial charge in [-0.25, -0.2) is 9.89 Å². The lowest BCUT2D eigenvalue weighted by atomic mass is 10.1. The van der Waals surface area contributed by atoms with Crippen LogP contribution in [-0.4, -0.2) is 29.0 Å². The Kier molecular flexibility index (Phi) is 4.18. The summed E-state index contributed by atoms with van der Waals surface area (Å²) >= 11 is 0. The summed E-state index contributed by atoms with van der Waals surface area (Å²) < 4.78 is 12.4. The van der Waals surface area contributed by atoms with Crippen molar-refractivity contribution in [3.05, 3.63) is 40.1 Å². The Bertz CT molecular complexity index is 699. The van der Waals surface area contributed by atoms with Crippen LogP contribution >= 0.6 is 0 Å². The van der Waals surface area contributed by atoms with Crippen molar-refractivity contribution in [3.8, 4) is 11.5 Å².